The molecular weight excluding hydrogens is 295 g/mol. The van der Waals surface area contributed by atoms with Gasteiger partial charge in [-0.05, 0) is 66.2 Å². The highest BCUT2D eigenvalue weighted by molar-refractivity contribution is 9.10. The van der Waals surface area contributed by atoms with Crippen molar-refractivity contribution in [2.45, 2.75) is 50.2 Å². The van der Waals surface area contributed by atoms with Gasteiger partial charge >= 0.3 is 0 Å². The number of anilines is 1. The minimum Gasteiger partial charge on any atom is -0.365 e. The molecule has 2 fully saturated rings. The zero-order valence-electron chi connectivity index (χ0n) is 10.3. The summed E-state index contributed by atoms with van der Waals surface area (Å²) in [5.41, 5.74) is 7.12. The molecule has 2 saturated heterocycles. The average molecular weight is 313 g/mol. The molecule has 0 saturated carbocycles. The van der Waals surface area contributed by atoms with E-state index >= 15 is 0 Å². The molecule has 0 radical (unpaired) electrons. The van der Waals surface area contributed by atoms with Crippen molar-refractivity contribution >= 4 is 21.6 Å². The maximum Gasteiger partial charge on any atom is 0.139 e. The van der Waals surface area contributed by atoms with Crippen molar-refractivity contribution in [3.05, 3.63) is 28.5 Å². The zero-order valence-corrected chi connectivity index (χ0v) is 11.9. The minimum absolute atomic E-state index is 0.180. The summed E-state index contributed by atoms with van der Waals surface area (Å²) in [5, 5.41) is 0. The van der Waals surface area contributed by atoms with E-state index in [-0.39, 0.29) is 5.82 Å². The van der Waals surface area contributed by atoms with Gasteiger partial charge in [-0.1, -0.05) is 0 Å². The molecule has 2 nitrogen and oxygen atoms in total. The van der Waals surface area contributed by atoms with E-state index in [9.17, 15) is 4.39 Å². The van der Waals surface area contributed by atoms with E-state index in [1.807, 2.05) is 6.07 Å². The molecule has 1 aromatic rings. The van der Waals surface area contributed by atoms with Crippen molar-refractivity contribution in [2.75, 3.05) is 4.90 Å². The lowest BCUT2D eigenvalue weighted by molar-refractivity contribution is 0.271. The van der Waals surface area contributed by atoms with Gasteiger partial charge in [0.2, 0.25) is 0 Å². The average Bonchev–Trinajstić information content (AvgIpc) is 2.32. The fourth-order valence-corrected chi connectivity index (χ4v) is 3.74. The molecule has 0 spiro atoms. The number of halogens is 2. The van der Waals surface area contributed by atoms with Crippen LogP contribution >= 0.6 is 15.9 Å². The number of rotatable bonds is 1. The van der Waals surface area contributed by atoms with Gasteiger partial charge in [0.25, 0.3) is 0 Å². The van der Waals surface area contributed by atoms with Crippen molar-refractivity contribution in [1.82, 2.24) is 0 Å². The van der Waals surface area contributed by atoms with Crippen molar-refractivity contribution in [3.63, 3.8) is 0 Å². The van der Waals surface area contributed by atoms with Crippen molar-refractivity contribution in [3.8, 4) is 0 Å². The molecule has 0 aromatic heterocycles. The Morgan fingerprint density at radius 1 is 1.22 bits per heavy atom. The molecule has 98 valence electrons. The highest BCUT2D eigenvalue weighted by Crippen LogP contribution is 2.38. The van der Waals surface area contributed by atoms with Gasteiger partial charge in [0.15, 0.2) is 0 Å². The molecule has 2 aliphatic rings. The van der Waals surface area contributed by atoms with Crippen molar-refractivity contribution in [2.24, 2.45) is 5.73 Å². The molecule has 18 heavy (non-hydrogen) atoms. The van der Waals surface area contributed by atoms with Gasteiger partial charge in [0.1, 0.15) is 5.82 Å². The molecule has 0 aliphatic carbocycles. The second kappa shape index (κ2) is 4.82. The van der Waals surface area contributed by atoms with E-state index in [2.05, 4.69) is 20.8 Å². The first-order valence-electron chi connectivity index (χ1n) is 6.64. The number of benzene rings is 1. The van der Waals surface area contributed by atoms with Crippen molar-refractivity contribution < 1.29 is 4.39 Å². The molecule has 2 N–H and O–H groups in total. The molecule has 1 aromatic carbocycles. The smallest absolute Gasteiger partial charge is 0.139 e. The van der Waals surface area contributed by atoms with Crippen molar-refractivity contribution in [1.29, 1.82) is 0 Å². The van der Waals surface area contributed by atoms with Gasteiger partial charge in [-0.3, -0.25) is 0 Å². The lowest BCUT2D eigenvalue weighted by Gasteiger charge is -2.49. The molecule has 2 unspecified atom stereocenters. The van der Waals surface area contributed by atoms with Crippen LogP contribution in [0, 0.1) is 5.82 Å². The quantitative estimate of drug-likeness (QED) is 0.860. The summed E-state index contributed by atoms with van der Waals surface area (Å²) in [6, 6.07) is 6.76. The van der Waals surface area contributed by atoms with Crippen LogP contribution in [-0.4, -0.2) is 18.1 Å². The summed E-state index contributed by atoms with van der Waals surface area (Å²) in [6.45, 7) is 0. The lowest BCUT2D eigenvalue weighted by atomic mass is 9.81. The second-order valence-electron chi connectivity index (χ2n) is 5.48. The first-order valence-corrected chi connectivity index (χ1v) is 7.43. The van der Waals surface area contributed by atoms with E-state index in [1.165, 1.54) is 19.3 Å². The monoisotopic (exact) mass is 312 g/mol. The van der Waals surface area contributed by atoms with E-state index in [1.54, 1.807) is 12.1 Å². The number of hydrogen-bond donors (Lipinski definition) is 1. The molecule has 2 bridgehead atoms. The highest BCUT2D eigenvalue weighted by Gasteiger charge is 2.37. The SMILES string of the molecule is NC1CC2CCCC(C1)N2c1ccc(Br)c(F)c1. The molecular formula is C14H18BrFN2. The summed E-state index contributed by atoms with van der Waals surface area (Å²) >= 11 is 3.21. The predicted molar refractivity (Wildman–Crippen MR) is 75.2 cm³/mol. The van der Waals surface area contributed by atoms with Crippen LogP contribution in [0.25, 0.3) is 0 Å². The van der Waals surface area contributed by atoms with Crippen LogP contribution < -0.4 is 10.6 Å². The summed E-state index contributed by atoms with van der Waals surface area (Å²) in [5.74, 6) is -0.180. The molecule has 3 rings (SSSR count). The third-order valence-electron chi connectivity index (χ3n) is 4.21. The Balaban J connectivity index is 1.92. The van der Waals surface area contributed by atoms with Gasteiger partial charge in [-0.15, -0.1) is 0 Å². The molecule has 2 atom stereocenters. The summed E-state index contributed by atoms with van der Waals surface area (Å²) < 4.78 is 14.2. The van der Waals surface area contributed by atoms with Gasteiger partial charge in [-0.2, -0.15) is 0 Å². The fraction of sp³-hybridized carbons (Fsp3) is 0.571. The van der Waals surface area contributed by atoms with Crippen LogP contribution in [-0.2, 0) is 0 Å². The van der Waals surface area contributed by atoms with Gasteiger partial charge in [0, 0.05) is 23.8 Å². The predicted octanol–water partition coefficient (Wildman–Crippen LogP) is 3.44. The van der Waals surface area contributed by atoms with Gasteiger partial charge in [0.05, 0.1) is 4.47 Å². The molecule has 2 aliphatic heterocycles. The maximum absolute atomic E-state index is 13.7. The van der Waals surface area contributed by atoms with E-state index in [0.29, 0.717) is 22.6 Å². The Kier molecular flexibility index (Phi) is 3.32. The summed E-state index contributed by atoms with van der Waals surface area (Å²) in [6.07, 6.45) is 5.71. The van der Waals surface area contributed by atoms with Crippen LogP contribution in [0.3, 0.4) is 0 Å². The fourth-order valence-electron chi connectivity index (χ4n) is 3.49. The first-order chi connectivity index (χ1) is 8.65. The standard InChI is InChI=1S/C14H18BrFN2/c15-13-5-4-12(8-14(13)16)18-10-2-1-3-11(18)7-9(17)6-10/h4-5,8-11H,1-3,6-7,17H2. The zero-order chi connectivity index (χ0) is 12.7. The van der Waals surface area contributed by atoms with Crippen LogP contribution in [0.4, 0.5) is 10.1 Å². The Morgan fingerprint density at radius 2 is 1.89 bits per heavy atom. The number of nitrogens with zero attached hydrogens (tertiary/aromatic N) is 1. The number of nitrogens with two attached hydrogens (primary N) is 1. The summed E-state index contributed by atoms with van der Waals surface area (Å²) in [4.78, 5) is 2.41. The minimum atomic E-state index is -0.180. The van der Waals surface area contributed by atoms with Crippen LogP contribution in [0.5, 0.6) is 0 Å². The third kappa shape index (κ3) is 2.16. The maximum atomic E-state index is 13.7. The second-order valence-corrected chi connectivity index (χ2v) is 6.33. The normalized spacial score (nSPS) is 31.5. The largest absolute Gasteiger partial charge is 0.365 e. The van der Waals surface area contributed by atoms with E-state index < -0.39 is 0 Å². The number of piperidine rings is 2. The third-order valence-corrected chi connectivity index (χ3v) is 4.86. The Bertz CT molecular complexity index is 437. The Hall–Kier alpha value is -0.610. The first kappa shape index (κ1) is 12.4. The molecule has 0 amide bonds. The van der Waals surface area contributed by atoms with Crippen LogP contribution in [0.15, 0.2) is 22.7 Å². The van der Waals surface area contributed by atoms with Gasteiger partial charge < -0.3 is 10.6 Å². The van der Waals surface area contributed by atoms with E-state index in [4.69, 9.17) is 5.73 Å². The van der Waals surface area contributed by atoms with Gasteiger partial charge in [-0.25, -0.2) is 4.39 Å². The van der Waals surface area contributed by atoms with Crippen LogP contribution in [0.2, 0.25) is 0 Å². The number of fused-ring (bicyclic) bond motifs is 2. The van der Waals surface area contributed by atoms with E-state index in [0.717, 1.165) is 18.5 Å². The molecule has 2 heterocycles. The highest BCUT2D eigenvalue weighted by atomic mass is 79.9. The Morgan fingerprint density at radius 3 is 2.50 bits per heavy atom. The molecule has 4 heteroatoms. The topological polar surface area (TPSA) is 29.3 Å². The van der Waals surface area contributed by atoms with Crippen LogP contribution in [0.1, 0.15) is 32.1 Å². The Labute approximate surface area is 115 Å². The summed E-state index contributed by atoms with van der Waals surface area (Å²) in [7, 11) is 0. The lowest BCUT2D eigenvalue weighted by Crippen LogP contribution is -2.55. The number of hydrogen-bond acceptors (Lipinski definition) is 2.